The van der Waals surface area contributed by atoms with Crippen molar-refractivity contribution in [2.75, 3.05) is 17.8 Å². The lowest BCUT2D eigenvalue weighted by atomic mass is 9.84. The number of aryl methyl sites for hydroxylation is 2. The smallest absolute Gasteiger partial charge is 0.264 e. The molecule has 5 rings (SSSR count). The summed E-state index contributed by atoms with van der Waals surface area (Å²) < 4.78 is 34.5. The molecule has 188 valence electrons. The number of anilines is 1. The van der Waals surface area contributed by atoms with Gasteiger partial charge in [0, 0.05) is 36.3 Å². The molecule has 2 aromatic carbocycles. The van der Waals surface area contributed by atoms with Crippen LogP contribution in [0.3, 0.4) is 0 Å². The van der Waals surface area contributed by atoms with Gasteiger partial charge in [-0.05, 0) is 63.1 Å². The summed E-state index contributed by atoms with van der Waals surface area (Å²) in [4.78, 5) is 19.0. The minimum Gasteiger partial charge on any atom is -0.389 e. The molecule has 0 bridgehead atoms. The monoisotopic (exact) mass is 526 g/mol. The third-order valence-electron chi connectivity index (χ3n) is 6.67. The van der Waals surface area contributed by atoms with Gasteiger partial charge < -0.3 is 14.5 Å². The second-order valence-electron chi connectivity index (χ2n) is 9.13. The Balaban J connectivity index is 1.23. The topological polar surface area (TPSA) is 126 Å². The number of aliphatic hydroxyl groups is 1. The van der Waals surface area contributed by atoms with Gasteiger partial charge in [0.25, 0.3) is 15.9 Å². The van der Waals surface area contributed by atoms with E-state index in [9.17, 15) is 18.3 Å². The Bertz CT molecular complexity index is 1500. The number of carbonyl (C=O) groups is 1. The molecule has 0 radical (unpaired) electrons. The first-order valence-electron chi connectivity index (χ1n) is 11.5. The Kier molecular flexibility index (Phi) is 6.31. The molecule has 9 nitrogen and oxygen atoms in total. The number of hydrogen-bond acceptors (Lipinski definition) is 8. The number of hydrogen-bond donors (Lipinski definition) is 2. The molecule has 3 heterocycles. The van der Waals surface area contributed by atoms with E-state index in [-0.39, 0.29) is 10.8 Å². The van der Waals surface area contributed by atoms with Gasteiger partial charge >= 0.3 is 0 Å². The normalized spacial score (nSPS) is 15.8. The van der Waals surface area contributed by atoms with Gasteiger partial charge in [-0.25, -0.2) is 13.4 Å². The largest absolute Gasteiger partial charge is 0.389 e. The summed E-state index contributed by atoms with van der Waals surface area (Å²) in [5.74, 6) is 0.550. The summed E-state index contributed by atoms with van der Waals surface area (Å²) in [6, 6.07) is 11.4. The molecule has 0 atom stereocenters. The summed E-state index contributed by atoms with van der Waals surface area (Å²) in [6.07, 6.45) is 1.34. The number of amides is 1. The van der Waals surface area contributed by atoms with Crippen molar-refractivity contribution >= 4 is 43.2 Å². The first-order chi connectivity index (χ1) is 17.2. The lowest BCUT2D eigenvalue weighted by molar-refractivity contribution is -0.0165. The van der Waals surface area contributed by atoms with E-state index in [0.717, 1.165) is 16.0 Å². The Morgan fingerprint density at radius 2 is 1.89 bits per heavy atom. The number of piperidine rings is 1. The van der Waals surface area contributed by atoms with Crippen molar-refractivity contribution in [3.63, 3.8) is 0 Å². The maximum absolute atomic E-state index is 13.0. The molecule has 1 aliphatic rings. The zero-order valence-electron chi connectivity index (χ0n) is 19.9. The van der Waals surface area contributed by atoms with Gasteiger partial charge in [-0.15, -0.1) is 11.3 Å². The van der Waals surface area contributed by atoms with Gasteiger partial charge in [-0.2, -0.15) is 0 Å². The number of benzene rings is 2. The molecule has 11 heteroatoms. The Morgan fingerprint density at radius 3 is 2.56 bits per heavy atom. The van der Waals surface area contributed by atoms with Crippen molar-refractivity contribution in [1.29, 1.82) is 0 Å². The minimum atomic E-state index is -3.84. The van der Waals surface area contributed by atoms with Gasteiger partial charge in [-0.1, -0.05) is 11.2 Å². The van der Waals surface area contributed by atoms with Crippen LogP contribution in [0.15, 0.2) is 57.4 Å². The molecule has 0 unspecified atom stereocenters. The molecule has 0 spiro atoms. The van der Waals surface area contributed by atoms with Gasteiger partial charge in [0.2, 0.25) is 0 Å². The highest BCUT2D eigenvalue weighted by Gasteiger charge is 2.35. The van der Waals surface area contributed by atoms with Gasteiger partial charge in [-0.3, -0.25) is 9.52 Å². The van der Waals surface area contributed by atoms with Gasteiger partial charge in [0.05, 0.1) is 21.5 Å². The number of para-hydroxylation sites is 1. The maximum Gasteiger partial charge on any atom is 0.264 e. The van der Waals surface area contributed by atoms with Crippen LogP contribution in [0, 0.1) is 13.8 Å². The summed E-state index contributed by atoms with van der Waals surface area (Å²) >= 11 is 1.38. The molecule has 1 amide bonds. The van der Waals surface area contributed by atoms with Gasteiger partial charge in [0.1, 0.15) is 16.2 Å². The molecule has 2 N–H and O–H groups in total. The van der Waals surface area contributed by atoms with Crippen LogP contribution >= 0.6 is 11.3 Å². The summed E-state index contributed by atoms with van der Waals surface area (Å²) in [6.45, 7) is 4.53. The number of aromatic nitrogens is 2. The standard InChI is InChI=1S/C25H26N4O5S2/c1-16-20(17(2)34-27-16)14-25(31)10-12-29(13-11-25)24(30)18-6-8-19(9-7-18)28-36(32,33)22-5-3-4-21-23(22)26-15-35-21/h3-9,15,28,31H,10-14H2,1-2H3. The first kappa shape index (κ1) is 24.4. The van der Waals surface area contributed by atoms with Gasteiger partial charge in [0.15, 0.2) is 0 Å². The highest BCUT2D eigenvalue weighted by atomic mass is 32.2. The molecule has 36 heavy (non-hydrogen) atoms. The van der Waals surface area contributed by atoms with E-state index in [1.165, 1.54) is 17.4 Å². The molecule has 1 aliphatic heterocycles. The van der Waals surface area contributed by atoms with E-state index in [2.05, 4.69) is 14.9 Å². The fourth-order valence-corrected chi connectivity index (χ4v) is 6.54. The zero-order valence-corrected chi connectivity index (χ0v) is 21.5. The number of carbonyl (C=O) groups excluding carboxylic acids is 1. The van der Waals surface area contributed by atoms with Crippen molar-refractivity contribution in [3.8, 4) is 0 Å². The highest BCUT2D eigenvalue weighted by molar-refractivity contribution is 7.93. The fourth-order valence-electron chi connectivity index (χ4n) is 4.54. The van der Waals surface area contributed by atoms with Crippen molar-refractivity contribution in [1.82, 2.24) is 15.0 Å². The van der Waals surface area contributed by atoms with Crippen molar-refractivity contribution in [3.05, 3.63) is 70.6 Å². The minimum absolute atomic E-state index is 0.110. The third kappa shape index (κ3) is 4.73. The van der Waals surface area contributed by atoms with Crippen LogP contribution in [-0.4, -0.2) is 53.2 Å². The molecule has 2 aromatic heterocycles. The molecule has 0 saturated carbocycles. The SMILES string of the molecule is Cc1noc(C)c1CC1(O)CCN(C(=O)c2ccc(NS(=O)(=O)c3cccc4scnc34)cc2)CC1. The number of fused-ring (bicyclic) bond motifs is 1. The number of sulfonamides is 1. The van der Waals surface area contributed by atoms with Crippen molar-refractivity contribution in [2.45, 2.75) is 43.6 Å². The van der Waals surface area contributed by atoms with Crippen molar-refractivity contribution < 1.29 is 22.8 Å². The molecule has 1 fully saturated rings. The molecular weight excluding hydrogens is 500 g/mol. The number of nitrogens with one attached hydrogen (secondary N) is 1. The predicted molar refractivity (Wildman–Crippen MR) is 137 cm³/mol. The van der Waals surface area contributed by atoms with E-state index in [0.29, 0.717) is 54.9 Å². The summed E-state index contributed by atoms with van der Waals surface area (Å²) in [5.41, 5.74) is 3.63. The third-order valence-corrected chi connectivity index (χ3v) is 8.87. The number of likely N-dealkylation sites (tertiary alicyclic amines) is 1. The lowest BCUT2D eigenvalue weighted by Gasteiger charge is -2.38. The highest BCUT2D eigenvalue weighted by Crippen LogP contribution is 2.30. The second kappa shape index (κ2) is 9.30. The average Bonchev–Trinajstić information content (AvgIpc) is 3.46. The summed E-state index contributed by atoms with van der Waals surface area (Å²) in [5, 5.41) is 15.0. The Morgan fingerprint density at radius 1 is 1.17 bits per heavy atom. The van der Waals surface area contributed by atoms with Crippen LogP contribution in [-0.2, 0) is 16.4 Å². The predicted octanol–water partition coefficient (Wildman–Crippen LogP) is 3.91. The fraction of sp³-hybridized carbons (Fsp3) is 0.320. The lowest BCUT2D eigenvalue weighted by Crippen LogP contribution is -2.47. The average molecular weight is 527 g/mol. The van der Waals surface area contributed by atoms with E-state index in [1.54, 1.807) is 40.7 Å². The Hall–Kier alpha value is -3.28. The van der Waals surface area contributed by atoms with Crippen LogP contribution in [0.25, 0.3) is 10.2 Å². The molecule has 0 aliphatic carbocycles. The maximum atomic E-state index is 13.0. The molecule has 4 aromatic rings. The van der Waals surface area contributed by atoms with Crippen LogP contribution in [0.5, 0.6) is 0 Å². The molecule has 1 saturated heterocycles. The molecular formula is C25H26N4O5S2. The van der Waals surface area contributed by atoms with E-state index in [4.69, 9.17) is 4.52 Å². The van der Waals surface area contributed by atoms with Crippen LogP contribution < -0.4 is 4.72 Å². The Labute approximate surface area is 212 Å². The number of thiazole rings is 1. The number of rotatable bonds is 6. The van der Waals surface area contributed by atoms with Crippen molar-refractivity contribution in [2.24, 2.45) is 0 Å². The number of nitrogens with zero attached hydrogens (tertiary/aromatic N) is 3. The van der Waals surface area contributed by atoms with E-state index < -0.39 is 15.6 Å². The van der Waals surface area contributed by atoms with E-state index in [1.807, 2.05) is 19.9 Å². The van der Waals surface area contributed by atoms with Crippen LogP contribution in [0.1, 0.15) is 40.2 Å². The second-order valence-corrected chi connectivity index (χ2v) is 11.7. The first-order valence-corrected chi connectivity index (χ1v) is 13.9. The zero-order chi connectivity index (χ0) is 25.5. The quantitative estimate of drug-likeness (QED) is 0.390. The summed E-state index contributed by atoms with van der Waals surface area (Å²) in [7, 11) is -3.84. The van der Waals surface area contributed by atoms with Crippen LogP contribution in [0.4, 0.5) is 5.69 Å². The van der Waals surface area contributed by atoms with Crippen LogP contribution in [0.2, 0.25) is 0 Å². The van der Waals surface area contributed by atoms with E-state index >= 15 is 0 Å².